The first kappa shape index (κ1) is 22.8. The molecule has 0 unspecified atom stereocenters. The first-order valence-electron chi connectivity index (χ1n) is 7.67. The number of hydrogen-bond donors (Lipinski definition) is 2. The van der Waals surface area contributed by atoms with Crippen molar-refractivity contribution in [2.75, 3.05) is 19.7 Å². The van der Waals surface area contributed by atoms with E-state index < -0.39 is 12.6 Å². The van der Waals surface area contributed by atoms with E-state index in [2.05, 4.69) is 15.6 Å². The molecule has 0 spiro atoms. The minimum atomic E-state index is -4.18. The summed E-state index contributed by atoms with van der Waals surface area (Å²) in [6, 6.07) is 5.80. The van der Waals surface area contributed by atoms with Crippen LogP contribution in [0.3, 0.4) is 0 Å². The van der Waals surface area contributed by atoms with Gasteiger partial charge in [-0.05, 0) is 32.4 Å². The van der Waals surface area contributed by atoms with E-state index in [0.29, 0.717) is 25.7 Å². The zero-order valence-corrected chi connectivity index (χ0v) is 16.5. The molecule has 0 radical (unpaired) electrons. The summed E-state index contributed by atoms with van der Waals surface area (Å²) in [5, 5.41) is 5.62. The van der Waals surface area contributed by atoms with E-state index in [9.17, 15) is 13.2 Å². The van der Waals surface area contributed by atoms with Crippen molar-refractivity contribution < 1.29 is 17.9 Å². The van der Waals surface area contributed by atoms with Crippen molar-refractivity contribution in [2.24, 2.45) is 4.99 Å². The molecule has 0 amide bonds. The van der Waals surface area contributed by atoms with Crippen LogP contribution in [0.25, 0.3) is 0 Å². The van der Waals surface area contributed by atoms with Crippen molar-refractivity contribution in [3.8, 4) is 5.75 Å². The Morgan fingerprint density at radius 1 is 1.21 bits per heavy atom. The highest BCUT2D eigenvalue weighted by Crippen LogP contribution is 2.21. The number of nitrogens with zero attached hydrogens (tertiary/aromatic N) is 1. The Labute approximate surface area is 158 Å². The van der Waals surface area contributed by atoms with Crippen molar-refractivity contribution in [3.05, 3.63) is 29.3 Å². The Morgan fingerprint density at radius 3 is 2.50 bits per heavy atom. The van der Waals surface area contributed by atoms with Gasteiger partial charge in [0.2, 0.25) is 0 Å². The maximum Gasteiger partial charge on any atom is 0.390 e. The summed E-state index contributed by atoms with van der Waals surface area (Å²) in [5.74, 6) is 1.11. The van der Waals surface area contributed by atoms with Gasteiger partial charge in [-0.2, -0.15) is 13.2 Å². The van der Waals surface area contributed by atoms with Crippen LogP contribution >= 0.6 is 24.0 Å². The molecule has 4 nitrogen and oxygen atoms in total. The number of benzene rings is 1. The predicted molar refractivity (Wildman–Crippen MR) is 101 cm³/mol. The number of rotatable bonds is 7. The smallest absolute Gasteiger partial charge is 0.390 e. The molecule has 138 valence electrons. The second-order valence-corrected chi connectivity index (χ2v) is 5.03. The lowest BCUT2D eigenvalue weighted by Gasteiger charge is -2.13. The molecule has 1 aromatic carbocycles. The first-order chi connectivity index (χ1) is 10.9. The van der Waals surface area contributed by atoms with Crippen LogP contribution in [0.5, 0.6) is 5.75 Å². The molecule has 0 aliphatic rings. The molecule has 2 N–H and O–H groups in total. The Kier molecular flexibility index (Phi) is 10.8. The lowest BCUT2D eigenvalue weighted by atomic mass is 10.1. The number of alkyl halides is 3. The predicted octanol–water partition coefficient (Wildman–Crippen LogP) is 4.02. The monoisotopic (exact) mass is 459 g/mol. The van der Waals surface area contributed by atoms with Crippen molar-refractivity contribution in [2.45, 2.75) is 39.9 Å². The van der Waals surface area contributed by atoms with Crippen LogP contribution in [-0.4, -0.2) is 31.8 Å². The van der Waals surface area contributed by atoms with Gasteiger partial charge in [0.1, 0.15) is 5.75 Å². The van der Waals surface area contributed by atoms with Crippen LogP contribution in [0, 0.1) is 6.92 Å². The van der Waals surface area contributed by atoms with Gasteiger partial charge in [0.05, 0.1) is 19.6 Å². The molecule has 0 bridgehead atoms. The van der Waals surface area contributed by atoms with E-state index >= 15 is 0 Å². The molecular weight excluding hydrogens is 434 g/mol. The lowest BCUT2D eigenvalue weighted by Crippen LogP contribution is -2.38. The van der Waals surface area contributed by atoms with E-state index in [1.165, 1.54) is 0 Å². The van der Waals surface area contributed by atoms with Crippen LogP contribution in [0.1, 0.15) is 31.4 Å². The average molecular weight is 459 g/mol. The van der Waals surface area contributed by atoms with Crippen LogP contribution < -0.4 is 15.4 Å². The fourth-order valence-electron chi connectivity index (χ4n) is 1.91. The molecule has 1 rings (SSSR count). The molecule has 24 heavy (non-hydrogen) atoms. The number of nitrogens with one attached hydrogen (secondary N) is 2. The zero-order chi connectivity index (χ0) is 17.3. The van der Waals surface area contributed by atoms with Gasteiger partial charge in [0, 0.05) is 18.7 Å². The summed E-state index contributed by atoms with van der Waals surface area (Å²) in [6.07, 6.45) is -5.07. The van der Waals surface area contributed by atoms with E-state index in [-0.39, 0.29) is 30.5 Å². The first-order valence-corrected chi connectivity index (χ1v) is 7.67. The fourth-order valence-corrected chi connectivity index (χ4v) is 1.91. The van der Waals surface area contributed by atoms with Gasteiger partial charge in [-0.3, -0.25) is 0 Å². The van der Waals surface area contributed by atoms with Crippen LogP contribution in [0.4, 0.5) is 13.2 Å². The number of aryl methyl sites for hydroxylation is 1. The summed E-state index contributed by atoms with van der Waals surface area (Å²) in [6.45, 7) is 6.97. The highest BCUT2D eigenvalue weighted by molar-refractivity contribution is 14.0. The number of guanidine groups is 1. The summed E-state index contributed by atoms with van der Waals surface area (Å²) >= 11 is 0. The molecule has 8 heteroatoms. The molecular formula is C16H25F3IN3O. The van der Waals surface area contributed by atoms with Gasteiger partial charge >= 0.3 is 6.18 Å². The third-order valence-electron chi connectivity index (χ3n) is 2.98. The third-order valence-corrected chi connectivity index (χ3v) is 2.98. The normalized spacial score (nSPS) is 11.7. The highest BCUT2D eigenvalue weighted by Gasteiger charge is 2.26. The lowest BCUT2D eigenvalue weighted by molar-refractivity contribution is -0.132. The summed E-state index contributed by atoms with van der Waals surface area (Å²) < 4.78 is 42.2. The molecule has 0 heterocycles. The van der Waals surface area contributed by atoms with E-state index in [4.69, 9.17) is 4.74 Å². The van der Waals surface area contributed by atoms with E-state index in [0.717, 1.165) is 16.9 Å². The Morgan fingerprint density at radius 2 is 1.92 bits per heavy atom. The Hall–Kier alpha value is -1.19. The fraction of sp³-hybridized carbons (Fsp3) is 0.562. The largest absolute Gasteiger partial charge is 0.494 e. The number of aliphatic imine (C=N–C) groups is 1. The Balaban J connectivity index is 0.00000529. The SMILES string of the molecule is CCNC(=NCc1ccc(C)cc1OCC)NCCC(F)(F)F.I. The number of hydrogen-bond acceptors (Lipinski definition) is 2. The standard InChI is InChI=1S/C16H24F3N3O.HI/c1-4-20-15(21-9-8-16(17,18)19)22-11-13-7-6-12(3)10-14(13)23-5-2;/h6-7,10H,4-5,8-9,11H2,1-3H3,(H2,20,21,22);1H. The van der Waals surface area contributed by atoms with Crippen molar-refractivity contribution >= 4 is 29.9 Å². The van der Waals surface area contributed by atoms with Gasteiger partial charge in [0.25, 0.3) is 0 Å². The molecule has 0 aromatic heterocycles. The van der Waals surface area contributed by atoms with E-state index in [1.807, 2.05) is 39.0 Å². The van der Waals surface area contributed by atoms with Crippen molar-refractivity contribution in [1.29, 1.82) is 0 Å². The number of halogens is 4. The summed E-state index contributed by atoms with van der Waals surface area (Å²) in [7, 11) is 0. The van der Waals surface area contributed by atoms with Gasteiger partial charge in [-0.25, -0.2) is 4.99 Å². The highest BCUT2D eigenvalue weighted by atomic mass is 127. The molecule has 1 aromatic rings. The third kappa shape index (κ3) is 9.19. The van der Waals surface area contributed by atoms with Gasteiger partial charge in [0.15, 0.2) is 5.96 Å². The maximum atomic E-state index is 12.2. The Bertz CT molecular complexity index is 522. The summed E-state index contributed by atoms with van der Waals surface area (Å²) in [4.78, 5) is 4.32. The molecule has 0 aliphatic carbocycles. The maximum absolute atomic E-state index is 12.2. The topological polar surface area (TPSA) is 45.7 Å². The zero-order valence-electron chi connectivity index (χ0n) is 14.2. The van der Waals surface area contributed by atoms with Crippen molar-refractivity contribution in [3.63, 3.8) is 0 Å². The van der Waals surface area contributed by atoms with Crippen LogP contribution in [0.15, 0.2) is 23.2 Å². The quantitative estimate of drug-likeness (QED) is 0.368. The minimum Gasteiger partial charge on any atom is -0.494 e. The van der Waals surface area contributed by atoms with Gasteiger partial charge in [-0.15, -0.1) is 24.0 Å². The van der Waals surface area contributed by atoms with Crippen LogP contribution in [-0.2, 0) is 6.54 Å². The van der Waals surface area contributed by atoms with E-state index in [1.54, 1.807) is 0 Å². The second kappa shape index (κ2) is 11.4. The molecule has 0 saturated heterocycles. The average Bonchev–Trinajstić information content (AvgIpc) is 2.45. The molecule has 0 aliphatic heterocycles. The molecule has 0 atom stereocenters. The van der Waals surface area contributed by atoms with Gasteiger partial charge in [-0.1, -0.05) is 12.1 Å². The summed E-state index contributed by atoms with van der Waals surface area (Å²) in [5.41, 5.74) is 1.97. The van der Waals surface area contributed by atoms with Crippen LogP contribution in [0.2, 0.25) is 0 Å². The number of ether oxygens (including phenoxy) is 1. The van der Waals surface area contributed by atoms with Crippen molar-refractivity contribution in [1.82, 2.24) is 10.6 Å². The minimum absolute atomic E-state index is 0. The molecule has 0 saturated carbocycles. The molecule has 0 fully saturated rings. The second-order valence-electron chi connectivity index (χ2n) is 5.03. The van der Waals surface area contributed by atoms with Gasteiger partial charge < -0.3 is 15.4 Å².